The topological polar surface area (TPSA) is 163 Å². The van der Waals surface area contributed by atoms with E-state index in [-0.39, 0.29) is 6.61 Å². The summed E-state index contributed by atoms with van der Waals surface area (Å²) in [6, 6.07) is 9.02. The maximum absolute atomic E-state index is 11.9. The molecule has 6 atom stereocenters. The third kappa shape index (κ3) is 7.03. The molecule has 29 heavy (non-hydrogen) atoms. The van der Waals surface area contributed by atoms with Crippen molar-refractivity contribution >= 4 is 11.9 Å². The lowest BCUT2D eigenvalue weighted by atomic mass is 9.98. The van der Waals surface area contributed by atoms with Crippen molar-refractivity contribution < 1.29 is 49.3 Å². The van der Waals surface area contributed by atoms with Gasteiger partial charge in [-0.25, -0.2) is 0 Å². The van der Waals surface area contributed by atoms with E-state index in [0.29, 0.717) is 0 Å². The predicted molar refractivity (Wildman–Crippen MR) is 96.4 cm³/mol. The molecule has 1 saturated heterocycles. The Morgan fingerprint density at radius 1 is 1.07 bits per heavy atom. The van der Waals surface area contributed by atoms with Gasteiger partial charge < -0.3 is 39.7 Å². The molecule has 0 unspecified atom stereocenters. The lowest BCUT2D eigenvalue weighted by molar-refractivity contribution is -0.304. The Bertz CT molecular complexity index is 677. The molecule has 0 aliphatic carbocycles. The first kappa shape index (κ1) is 23.2. The highest BCUT2D eigenvalue weighted by Gasteiger charge is 2.45. The van der Waals surface area contributed by atoms with Crippen LogP contribution in [0.3, 0.4) is 0 Å². The Balaban J connectivity index is 1.90. The fourth-order valence-corrected chi connectivity index (χ4v) is 2.87. The summed E-state index contributed by atoms with van der Waals surface area (Å²) in [5.41, 5.74) is -1.00. The maximum Gasteiger partial charge on any atom is 0.308 e. The summed E-state index contributed by atoms with van der Waals surface area (Å²) in [6.45, 7) is 0.774. The third-order valence-corrected chi connectivity index (χ3v) is 4.39. The number of rotatable bonds is 9. The largest absolute Gasteiger partial charge is 0.481 e. The van der Waals surface area contributed by atoms with Gasteiger partial charge in [-0.2, -0.15) is 0 Å². The van der Waals surface area contributed by atoms with Crippen LogP contribution in [0.4, 0.5) is 0 Å². The van der Waals surface area contributed by atoms with E-state index in [1.165, 1.54) is 6.92 Å². The van der Waals surface area contributed by atoms with Gasteiger partial charge in [0.2, 0.25) is 0 Å². The molecule has 0 radical (unpaired) electrons. The second kappa shape index (κ2) is 10.1. The zero-order valence-electron chi connectivity index (χ0n) is 15.9. The average Bonchev–Trinajstić information content (AvgIpc) is 2.64. The Labute approximate surface area is 167 Å². The predicted octanol–water partition coefficient (Wildman–Crippen LogP) is -0.830. The van der Waals surface area contributed by atoms with Gasteiger partial charge in [0.1, 0.15) is 31.0 Å². The second-order valence-corrected chi connectivity index (χ2v) is 7.24. The van der Waals surface area contributed by atoms with Crippen LogP contribution in [0.5, 0.6) is 0 Å². The number of benzene rings is 1. The standard InChI is InChI=1S/C19H26O10/c1-19(26,7-13(20)21)8-14(22)27-10-12-15(23)16(24)17(25)18(29-12)28-9-11-5-3-2-4-6-11/h2-6,12,15-18,23-26H,7-10H2,1H3,(H,20,21)/t12-,15-,16+,17-,18+,19+/m0/s1. The SMILES string of the molecule is C[C@@](O)(CC(=O)O)CC(=O)OC[C@@H]1O[C@@H](OCc2ccccc2)[C@@H](O)[C@H](O)[C@H]1O. The minimum absolute atomic E-state index is 0.0793. The van der Waals surface area contributed by atoms with Gasteiger partial charge in [-0.05, 0) is 12.5 Å². The van der Waals surface area contributed by atoms with Crippen LogP contribution < -0.4 is 0 Å². The molecular formula is C19H26O10. The van der Waals surface area contributed by atoms with Crippen LogP contribution in [-0.4, -0.2) is 80.4 Å². The van der Waals surface area contributed by atoms with Crippen LogP contribution in [-0.2, 0) is 30.4 Å². The van der Waals surface area contributed by atoms with E-state index in [2.05, 4.69) is 0 Å². The number of carbonyl (C=O) groups is 2. The van der Waals surface area contributed by atoms with Gasteiger partial charge in [0.15, 0.2) is 6.29 Å². The molecule has 0 bridgehead atoms. The van der Waals surface area contributed by atoms with Gasteiger partial charge in [0.05, 0.1) is 25.0 Å². The van der Waals surface area contributed by atoms with Crippen LogP contribution in [0.1, 0.15) is 25.3 Å². The summed E-state index contributed by atoms with van der Waals surface area (Å²) in [5, 5.41) is 48.8. The van der Waals surface area contributed by atoms with Gasteiger partial charge in [-0.1, -0.05) is 30.3 Å². The molecule has 1 heterocycles. The monoisotopic (exact) mass is 414 g/mol. The molecule has 10 heteroatoms. The van der Waals surface area contributed by atoms with E-state index in [9.17, 15) is 30.0 Å². The molecule has 10 nitrogen and oxygen atoms in total. The van der Waals surface area contributed by atoms with Crippen molar-refractivity contribution in [3.8, 4) is 0 Å². The Morgan fingerprint density at radius 2 is 1.72 bits per heavy atom. The minimum atomic E-state index is -1.80. The van der Waals surface area contributed by atoms with Crippen molar-refractivity contribution in [2.24, 2.45) is 0 Å². The van der Waals surface area contributed by atoms with Crippen LogP contribution in [0.15, 0.2) is 30.3 Å². The second-order valence-electron chi connectivity index (χ2n) is 7.24. The smallest absolute Gasteiger partial charge is 0.308 e. The number of hydrogen-bond acceptors (Lipinski definition) is 9. The molecule has 0 aromatic heterocycles. The molecule has 1 aromatic carbocycles. The molecule has 1 fully saturated rings. The van der Waals surface area contributed by atoms with Crippen molar-refractivity contribution in [1.29, 1.82) is 0 Å². The van der Waals surface area contributed by atoms with Gasteiger partial charge in [0, 0.05) is 0 Å². The quantitative estimate of drug-likeness (QED) is 0.322. The van der Waals surface area contributed by atoms with Crippen molar-refractivity contribution in [2.75, 3.05) is 6.61 Å². The first-order valence-electron chi connectivity index (χ1n) is 9.04. The van der Waals surface area contributed by atoms with Crippen molar-refractivity contribution in [2.45, 2.75) is 62.7 Å². The van der Waals surface area contributed by atoms with Crippen LogP contribution in [0.25, 0.3) is 0 Å². The molecule has 0 saturated carbocycles. The summed E-state index contributed by atoms with van der Waals surface area (Å²) in [5.74, 6) is -2.18. The maximum atomic E-state index is 11.9. The Kier molecular flexibility index (Phi) is 8.08. The Hall–Kier alpha value is -2.08. The summed E-state index contributed by atoms with van der Waals surface area (Å²) in [4.78, 5) is 22.6. The van der Waals surface area contributed by atoms with E-state index in [1.54, 1.807) is 24.3 Å². The van der Waals surface area contributed by atoms with Crippen LogP contribution in [0, 0.1) is 0 Å². The number of aliphatic hydroxyl groups excluding tert-OH is 3. The summed E-state index contributed by atoms with van der Waals surface area (Å²) < 4.78 is 15.8. The molecule has 2 rings (SSSR count). The minimum Gasteiger partial charge on any atom is -0.481 e. The van der Waals surface area contributed by atoms with E-state index in [4.69, 9.17) is 19.3 Å². The van der Waals surface area contributed by atoms with Crippen molar-refractivity contribution in [3.05, 3.63) is 35.9 Å². The molecule has 0 amide bonds. The van der Waals surface area contributed by atoms with Gasteiger partial charge >= 0.3 is 11.9 Å². The first-order chi connectivity index (χ1) is 13.6. The number of aliphatic carboxylic acids is 1. The number of ether oxygens (including phenoxy) is 3. The lowest BCUT2D eigenvalue weighted by Crippen LogP contribution is -2.59. The first-order valence-corrected chi connectivity index (χ1v) is 9.04. The normalized spacial score (nSPS) is 29.1. The molecule has 5 N–H and O–H groups in total. The van der Waals surface area contributed by atoms with Crippen molar-refractivity contribution in [3.63, 3.8) is 0 Å². The number of carbonyl (C=O) groups excluding carboxylic acids is 1. The summed E-state index contributed by atoms with van der Waals surface area (Å²) in [7, 11) is 0. The highest BCUT2D eigenvalue weighted by atomic mass is 16.7. The number of carboxylic acids is 1. The Morgan fingerprint density at radius 3 is 2.34 bits per heavy atom. The zero-order valence-corrected chi connectivity index (χ0v) is 15.9. The molecule has 0 spiro atoms. The zero-order chi connectivity index (χ0) is 21.6. The highest BCUT2D eigenvalue weighted by Crippen LogP contribution is 2.24. The number of esters is 1. The number of hydrogen-bond donors (Lipinski definition) is 5. The van der Waals surface area contributed by atoms with Gasteiger partial charge in [0.25, 0.3) is 0 Å². The number of aliphatic hydroxyl groups is 4. The van der Waals surface area contributed by atoms with Gasteiger partial charge in [-0.3, -0.25) is 9.59 Å². The van der Waals surface area contributed by atoms with E-state index in [0.717, 1.165) is 5.56 Å². The summed E-state index contributed by atoms with van der Waals surface area (Å²) in [6.07, 6.45) is -8.35. The molecule has 1 aliphatic heterocycles. The van der Waals surface area contributed by atoms with E-state index >= 15 is 0 Å². The fraction of sp³-hybridized carbons (Fsp3) is 0.579. The van der Waals surface area contributed by atoms with Crippen molar-refractivity contribution in [1.82, 2.24) is 0 Å². The number of carboxylic acid groups (broad SMARTS) is 1. The average molecular weight is 414 g/mol. The molecule has 1 aliphatic rings. The molecular weight excluding hydrogens is 388 g/mol. The lowest BCUT2D eigenvalue weighted by Gasteiger charge is -2.40. The van der Waals surface area contributed by atoms with Crippen LogP contribution in [0.2, 0.25) is 0 Å². The summed E-state index contributed by atoms with van der Waals surface area (Å²) >= 11 is 0. The van der Waals surface area contributed by atoms with Gasteiger partial charge in [-0.15, -0.1) is 0 Å². The third-order valence-electron chi connectivity index (χ3n) is 4.39. The van der Waals surface area contributed by atoms with E-state index in [1.807, 2.05) is 6.07 Å². The highest BCUT2D eigenvalue weighted by molar-refractivity contribution is 5.73. The van der Waals surface area contributed by atoms with E-state index < -0.39 is 67.7 Å². The molecule has 162 valence electrons. The fourth-order valence-electron chi connectivity index (χ4n) is 2.87. The van der Waals surface area contributed by atoms with Crippen LogP contribution >= 0.6 is 0 Å². The molecule has 1 aromatic rings.